The van der Waals surface area contributed by atoms with Gasteiger partial charge in [-0.2, -0.15) is 0 Å². The standard InChI is InChI=1S/C15H26N2O6/c1-9-5-3-4-6-12(9)23-8-11(15(21)22-2)17-14(20)10(16)7-13(18)19/h9-12H,3-8,16H2,1-2H3,(H,17,20)(H,18,19)/t9?,10-,11-,12?/m0/s1. The van der Waals surface area contributed by atoms with Crippen LogP contribution in [0, 0.1) is 5.92 Å². The van der Waals surface area contributed by atoms with Crippen molar-refractivity contribution in [3.8, 4) is 0 Å². The number of esters is 1. The van der Waals surface area contributed by atoms with E-state index in [0.717, 1.165) is 19.3 Å². The van der Waals surface area contributed by atoms with Gasteiger partial charge in [0.2, 0.25) is 5.91 Å². The second-order valence-corrected chi connectivity index (χ2v) is 5.92. The van der Waals surface area contributed by atoms with Gasteiger partial charge in [0.05, 0.1) is 32.3 Å². The second-order valence-electron chi connectivity index (χ2n) is 5.92. The van der Waals surface area contributed by atoms with Crippen LogP contribution in [0.3, 0.4) is 0 Å². The van der Waals surface area contributed by atoms with Gasteiger partial charge in [-0.3, -0.25) is 9.59 Å². The molecule has 0 aromatic carbocycles. The van der Waals surface area contributed by atoms with E-state index in [1.807, 2.05) is 0 Å². The van der Waals surface area contributed by atoms with Gasteiger partial charge in [0.1, 0.15) is 0 Å². The lowest BCUT2D eigenvalue weighted by Gasteiger charge is -2.30. The molecule has 23 heavy (non-hydrogen) atoms. The summed E-state index contributed by atoms with van der Waals surface area (Å²) in [6, 6.07) is -2.23. The number of hydrogen-bond donors (Lipinski definition) is 3. The Morgan fingerprint density at radius 2 is 1.96 bits per heavy atom. The van der Waals surface area contributed by atoms with Crippen molar-refractivity contribution in [2.75, 3.05) is 13.7 Å². The predicted octanol–water partition coefficient (Wildman–Crippen LogP) is 0.0415. The molecular weight excluding hydrogens is 304 g/mol. The Morgan fingerprint density at radius 1 is 1.30 bits per heavy atom. The average Bonchev–Trinajstić information content (AvgIpc) is 2.51. The Balaban J connectivity index is 2.56. The molecule has 0 heterocycles. The van der Waals surface area contributed by atoms with Crippen molar-refractivity contribution in [3.05, 3.63) is 0 Å². The predicted molar refractivity (Wildman–Crippen MR) is 81.5 cm³/mol. The normalized spacial score (nSPS) is 23.6. The van der Waals surface area contributed by atoms with Gasteiger partial charge in [0.25, 0.3) is 0 Å². The van der Waals surface area contributed by atoms with Crippen molar-refractivity contribution in [1.29, 1.82) is 0 Å². The summed E-state index contributed by atoms with van der Waals surface area (Å²) < 4.78 is 10.4. The lowest BCUT2D eigenvalue weighted by Crippen LogP contribution is -2.51. The molecule has 1 fully saturated rings. The minimum Gasteiger partial charge on any atom is -0.481 e. The Bertz CT molecular complexity index is 428. The molecule has 0 aliphatic heterocycles. The van der Waals surface area contributed by atoms with E-state index in [1.165, 1.54) is 13.5 Å². The van der Waals surface area contributed by atoms with Crippen molar-refractivity contribution in [2.24, 2.45) is 11.7 Å². The van der Waals surface area contributed by atoms with Gasteiger partial charge < -0.3 is 25.6 Å². The van der Waals surface area contributed by atoms with E-state index in [1.54, 1.807) is 0 Å². The summed E-state index contributed by atoms with van der Waals surface area (Å²) in [6.07, 6.45) is 3.77. The SMILES string of the molecule is COC(=O)[C@H](COC1CCCCC1C)NC(=O)[C@@H](N)CC(=O)O. The highest BCUT2D eigenvalue weighted by molar-refractivity contribution is 5.89. The van der Waals surface area contributed by atoms with Crippen LogP contribution in [0.25, 0.3) is 0 Å². The van der Waals surface area contributed by atoms with Gasteiger partial charge in [-0.1, -0.05) is 19.8 Å². The number of hydrogen-bond acceptors (Lipinski definition) is 6. The molecule has 0 aromatic rings. The molecule has 1 saturated carbocycles. The molecule has 1 aliphatic rings. The molecule has 4 atom stereocenters. The second kappa shape index (κ2) is 9.46. The fourth-order valence-corrected chi connectivity index (χ4v) is 2.62. The summed E-state index contributed by atoms with van der Waals surface area (Å²) in [6.45, 7) is 2.07. The number of nitrogens with two attached hydrogens (primary N) is 1. The summed E-state index contributed by atoms with van der Waals surface area (Å²) in [4.78, 5) is 34.2. The maximum Gasteiger partial charge on any atom is 0.330 e. The van der Waals surface area contributed by atoms with Crippen LogP contribution in [0.4, 0.5) is 0 Å². The third-order valence-electron chi connectivity index (χ3n) is 4.04. The highest BCUT2D eigenvalue weighted by atomic mass is 16.5. The van der Waals surface area contributed by atoms with Gasteiger partial charge in [-0.05, 0) is 18.8 Å². The average molecular weight is 330 g/mol. The molecular formula is C15H26N2O6. The van der Waals surface area contributed by atoms with Crippen molar-refractivity contribution in [3.63, 3.8) is 0 Å². The molecule has 0 radical (unpaired) electrons. The molecule has 0 saturated heterocycles. The van der Waals surface area contributed by atoms with Gasteiger partial charge in [-0.15, -0.1) is 0 Å². The minimum absolute atomic E-state index is 0.0206. The highest BCUT2D eigenvalue weighted by Gasteiger charge is 2.28. The maximum absolute atomic E-state index is 11.9. The number of methoxy groups -OCH3 is 1. The van der Waals surface area contributed by atoms with E-state index in [4.69, 9.17) is 15.6 Å². The Morgan fingerprint density at radius 3 is 2.52 bits per heavy atom. The summed E-state index contributed by atoms with van der Waals surface area (Å²) in [5, 5.41) is 11.0. The van der Waals surface area contributed by atoms with Crippen LogP contribution in [0.15, 0.2) is 0 Å². The van der Waals surface area contributed by atoms with Gasteiger partial charge in [-0.25, -0.2) is 4.79 Å². The van der Waals surface area contributed by atoms with Crippen LogP contribution in [0.2, 0.25) is 0 Å². The number of nitrogens with one attached hydrogen (secondary N) is 1. The molecule has 4 N–H and O–H groups in total. The molecule has 1 aliphatic carbocycles. The van der Waals surface area contributed by atoms with E-state index in [2.05, 4.69) is 17.0 Å². The van der Waals surface area contributed by atoms with Crippen molar-refractivity contribution in [2.45, 2.75) is 57.2 Å². The number of rotatable bonds is 8. The Labute approximate surface area is 135 Å². The fourth-order valence-electron chi connectivity index (χ4n) is 2.62. The smallest absolute Gasteiger partial charge is 0.330 e. The molecule has 0 aromatic heterocycles. The lowest BCUT2D eigenvalue weighted by molar-refractivity contribution is -0.148. The van der Waals surface area contributed by atoms with Crippen molar-refractivity contribution < 1.29 is 29.0 Å². The summed E-state index contributed by atoms with van der Waals surface area (Å²) in [5.41, 5.74) is 5.48. The number of carbonyl (C=O) groups excluding carboxylic acids is 2. The first-order valence-corrected chi connectivity index (χ1v) is 7.82. The summed E-state index contributed by atoms with van der Waals surface area (Å²) in [5.74, 6) is -2.16. The highest BCUT2D eigenvalue weighted by Crippen LogP contribution is 2.26. The van der Waals surface area contributed by atoms with E-state index in [0.29, 0.717) is 5.92 Å². The van der Waals surface area contributed by atoms with Gasteiger partial charge >= 0.3 is 11.9 Å². The zero-order valence-corrected chi connectivity index (χ0v) is 13.6. The minimum atomic E-state index is -1.23. The quantitative estimate of drug-likeness (QED) is 0.536. The third-order valence-corrected chi connectivity index (χ3v) is 4.04. The summed E-state index contributed by atoms with van der Waals surface area (Å²) >= 11 is 0. The molecule has 8 heteroatoms. The van der Waals surface area contributed by atoms with E-state index in [9.17, 15) is 14.4 Å². The van der Waals surface area contributed by atoms with Gasteiger partial charge in [0, 0.05) is 0 Å². The first kappa shape index (κ1) is 19.4. The van der Waals surface area contributed by atoms with Gasteiger partial charge in [0.15, 0.2) is 6.04 Å². The molecule has 2 unspecified atom stereocenters. The van der Waals surface area contributed by atoms with E-state index in [-0.39, 0.29) is 12.7 Å². The topological polar surface area (TPSA) is 128 Å². The number of carboxylic acid groups (broad SMARTS) is 1. The molecule has 132 valence electrons. The monoisotopic (exact) mass is 330 g/mol. The molecule has 1 rings (SSSR count). The lowest BCUT2D eigenvalue weighted by atomic mass is 9.88. The van der Waals surface area contributed by atoms with E-state index < -0.39 is 36.4 Å². The molecule has 0 spiro atoms. The van der Waals surface area contributed by atoms with Crippen LogP contribution in [0.5, 0.6) is 0 Å². The molecule has 0 bridgehead atoms. The number of aliphatic carboxylic acids is 1. The van der Waals surface area contributed by atoms with Crippen LogP contribution >= 0.6 is 0 Å². The summed E-state index contributed by atoms with van der Waals surface area (Å²) in [7, 11) is 1.21. The maximum atomic E-state index is 11.9. The van der Waals surface area contributed by atoms with Crippen molar-refractivity contribution >= 4 is 17.8 Å². The van der Waals surface area contributed by atoms with Crippen molar-refractivity contribution in [1.82, 2.24) is 5.32 Å². The Hall–Kier alpha value is -1.67. The zero-order chi connectivity index (χ0) is 17.4. The molecule has 1 amide bonds. The molecule has 8 nitrogen and oxygen atoms in total. The van der Waals surface area contributed by atoms with Crippen LogP contribution < -0.4 is 11.1 Å². The van der Waals surface area contributed by atoms with Crippen LogP contribution in [-0.2, 0) is 23.9 Å². The number of carbonyl (C=O) groups is 3. The zero-order valence-electron chi connectivity index (χ0n) is 13.6. The first-order valence-electron chi connectivity index (χ1n) is 7.82. The van der Waals surface area contributed by atoms with Crippen LogP contribution in [-0.4, -0.2) is 54.9 Å². The fraction of sp³-hybridized carbons (Fsp3) is 0.800. The number of ether oxygens (including phenoxy) is 2. The largest absolute Gasteiger partial charge is 0.481 e. The third kappa shape index (κ3) is 6.54. The number of carboxylic acids is 1. The first-order chi connectivity index (χ1) is 10.8. The Kier molecular flexibility index (Phi) is 7.97. The number of amides is 1. The van der Waals surface area contributed by atoms with Crippen LogP contribution in [0.1, 0.15) is 39.0 Å². The van der Waals surface area contributed by atoms with E-state index >= 15 is 0 Å².